The molecular formula is C23H19BrF3NO2. The number of hydrogen-bond acceptors (Lipinski definition) is 3. The first-order valence-electron chi connectivity index (χ1n) is 9.29. The molecule has 0 aliphatic rings. The molecule has 30 heavy (non-hydrogen) atoms. The number of pyridine rings is 1. The van der Waals surface area contributed by atoms with Gasteiger partial charge in [-0.1, -0.05) is 30.3 Å². The van der Waals surface area contributed by atoms with Gasteiger partial charge >= 0.3 is 6.18 Å². The zero-order valence-corrected chi connectivity index (χ0v) is 17.5. The summed E-state index contributed by atoms with van der Waals surface area (Å²) in [5.41, 5.74) is 2.06. The molecule has 0 bridgehead atoms. The van der Waals surface area contributed by atoms with Gasteiger partial charge in [0, 0.05) is 25.2 Å². The quantitative estimate of drug-likeness (QED) is 0.388. The minimum atomic E-state index is -4.40. The lowest BCUT2D eigenvalue weighted by Crippen LogP contribution is -2.05. The molecule has 0 saturated carbocycles. The monoisotopic (exact) mass is 477 g/mol. The Hall–Kier alpha value is -2.67. The molecule has 1 heterocycles. The average molecular weight is 478 g/mol. The second-order valence-corrected chi connectivity index (χ2v) is 7.68. The van der Waals surface area contributed by atoms with Crippen LogP contribution in [0.15, 0.2) is 71.5 Å². The number of carbonyl (C=O) groups is 1. The van der Waals surface area contributed by atoms with Crippen molar-refractivity contribution in [2.75, 3.05) is 0 Å². The Labute approximate surface area is 181 Å². The minimum absolute atomic E-state index is 0.150. The number of nitrogens with zero attached hydrogens (tertiary/aromatic N) is 1. The predicted molar refractivity (Wildman–Crippen MR) is 111 cm³/mol. The second-order valence-electron chi connectivity index (χ2n) is 6.82. The fraction of sp³-hybridized carbons (Fsp3) is 0.217. The van der Waals surface area contributed by atoms with Crippen LogP contribution in [-0.4, -0.2) is 10.8 Å². The maximum absolute atomic E-state index is 12.7. The van der Waals surface area contributed by atoms with E-state index >= 15 is 0 Å². The molecule has 0 saturated heterocycles. The molecule has 1 aromatic heterocycles. The molecular weight excluding hydrogens is 459 g/mol. The number of hydrogen-bond donors (Lipinski definition) is 0. The number of carbonyl (C=O) groups excluding carboxylic acids is 1. The summed E-state index contributed by atoms with van der Waals surface area (Å²) in [5, 5.41) is 0. The Bertz CT molecular complexity index is 990. The van der Waals surface area contributed by atoms with E-state index in [4.69, 9.17) is 4.74 Å². The number of rotatable bonds is 8. The van der Waals surface area contributed by atoms with Crippen LogP contribution in [0.25, 0.3) is 0 Å². The lowest BCUT2D eigenvalue weighted by molar-refractivity contribution is -0.137. The van der Waals surface area contributed by atoms with Gasteiger partial charge in [-0.25, -0.2) is 0 Å². The standard InChI is InChI=1S/C23H19BrF3NO2/c24-21-13-19(23(25,26)27)8-10-22(21)30-15-18-5-3-16(4-6-18)12-20(29)9-7-17-2-1-11-28-14-17/h1-6,8,10-11,13-14H,7,9,12,15H2. The van der Waals surface area contributed by atoms with Crippen molar-refractivity contribution in [1.29, 1.82) is 0 Å². The average Bonchev–Trinajstić information content (AvgIpc) is 2.72. The summed E-state index contributed by atoms with van der Waals surface area (Å²) in [5.74, 6) is 0.481. The number of halogens is 4. The molecule has 0 N–H and O–H groups in total. The summed E-state index contributed by atoms with van der Waals surface area (Å²) in [6.07, 6.45) is 0.543. The van der Waals surface area contributed by atoms with Crippen molar-refractivity contribution in [3.8, 4) is 5.75 Å². The molecule has 0 aliphatic carbocycles. The maximum atomic E-state index is 12.7. The van der Waals surface area contributed by atoms with Crippen LogP contribution in [-0.2, 0) is 30.4 Å². The summed E-state index contributed by atoms with van der Waals surface area (Å²) in [7, 11) is 0. The van der Waals surface area contributed by atoms with E-state index in [1.165, 1.54) is 6.07 Å². The van der Waals surface area contributed by atoms with Crippen molar-refractivity contribution in [2.45, 2.75) is 32.0 Å². The zero-order chi connectivity index (χ0) is 21.6. The normalized spacial score (nSPS) is 11.3. The highest BCUT2D eigenvalue weighted by atomic mass is 79.9. The third kappa shape index (κ3) is 6.42. The van der Waals surface area contributed by atoms with E-state index in [1.54, 1.807) is 12.4 Å². The number of alkyl halides is 3. The number of ether oxygens (including phenoxy) is 1. The van der Waals surface area contributed by atoms with Crippen molar-refractivity contribution in [3.63, 3.8) is 0 Å². The van der Waals surface area contributed by atoms with Gasteiger partial charge in [-0.15, -0.1) is 0 Å². The van der Waals surface area contributed by atoms with E-state index in [-0.39, 0.29) is 16.9 Å². The molecule has 3 aromatic rings. The first kappa shape index (κ1) is 22.0. The third-order valence-corrected chi connectivity index (χ3v) is 5.11. The topological polar surface area (TPSA) is 39.2 Å². The maximum Gasteiger partial charge on any atom is 0.416 e. The van der Waals surface area contributed by atoms with E-state index in [9.17, 15) is 18.0 Å². The van der Waals surface area contributed by atoms with Gasteiger partial charge in [0.15, 0.2) is 0 Å². The van der Waals surface area contributed by atoms with Gasteiger partial charge in [0.05, 0.1) is 10.0 Å². The summed E-state index contributed by atoms with van der Waals surface area (Å²) in [6, 6.07) is 14.5. The van der Waals surface area contributed by atoms with Gasteiger partial charge in [-0.2, -0.15) is 13.2 Å². The molecule has 7 heteroatoms. The lowest BCUT2D eigenvalue weighted by atomic mass is 10.0. The molecule has 0 aliphatic heterocycles. The highest BCUT2D eigenvalue weighted by Crippen LogP contribution is 2.35. The molecule has 0 atom stereocenters. The summed E-state index contributed by atoms with van der Waals surface area (Å²) >= 11 is 3.12. The van der Waals surface area contributed by atoms with Gasteiger partial charge in [0.25, 0.3) is 0 Å². The van der Waals surface area contributed by atoms with Gasteiger partial charge in [0.2, 0.25) is 0 Å². The summed E-state index contributed by atoms with van der Waals surface area (Å²) in [4.78, 5) is 16.2. The van der Waals surface area contributed by atoms with Crippen molar-refractivity contribution < 1.29 is 22.7 Å². The van der Waals surface area contributed by atoms with E-state index in [1.807, 2.05) is 36.4 Å². The number of benzene rings is 2. The largest absolute Gasteiger partial charge is 0.488 e. The van der Waals surface area contributed by atoms with Gasteiger partial charge in [-0.05, 0) is 63.3 Å². The first-order chi connectivity index (χ1) is 14.3. The van der Waals surface area contributed by atoms with E-state index in [0.717, 1.165) is 28.8 Å². The van der Waals surface area contributed by atoms with Crippen molar-refractivity contribution in [1.82, 2.24) is 4.98 Å². The van der Waals surface area contributed by atoms with Crippen LogP contribution in [0.2, 0.25) is 0 Å². The smallest absolute Gasteiger partial charge is 0.416 e. The third-order valence-electron chi connectivity index (χ3n) is 4.49. The Morgan fingerprint density at radius 2 is 1.73 bits per heavy atom. The molecule has 0 fully saturated rings. The Kier molecular flexibility index (Phi) is 7.26. The van der Waals surface area contributed by atoms with Crippen LogP contribution in [0.4, 0.5) is 13.2 Å². The highest BCUT2D eigenvalue weighted by molar-refractivity contribution is 9.10. The Balaban J connectivity index is 1.50. The second kappa shape index (κ2) is 9.89. The van der Waals surface area contributed by atoms with E-state index in [2.05, 4.69) is 20.9 Å². The molecule has 156 valence electrons. The Morgan fingerprint density at radius 1 is 1.00 bits per heavy atom. The highest BCUT2D eigenvalue weighted by Gasteiger charge is 2.30. The lowest BCUT2D eigenvalue weighted by Gasteiger charge is -2.12. The van der Waals surface area contributed by atoms with Crippen LogP contribution < -0.4 is 4.74 Å². The summed E-state index contributed by atoms with van der Waals surface area (Å²) in [6.45, 7) is 0.208. The van der Waals surface area contributed by atoms with Crippen LogP contribution in [0, 0.1) is 0 Å². The number of aryl methyl sites for hydroxylation is 1. The summed E-state index contributed by atoms with van der Waals surface area (Å²) < 4.78 is 44.0. The fourth-order valence-corrected chi connectivity index (χ4v) is 3.35. The minimum Gasteiger partial charge on any atom is -0.488 e. The van der Waals surface area contributed by atoms with Gasteiger partial charge in [0.1, 0.15) is 18.1 Å². The fourth-order valence-electron chi connectivity index (χ4n) is 2.85. The van der Waals surface area contributed by atoms with Crippen LogP contribution in [0.1, 0.15) is 28.7 Å². The van der Waals surface area contributed by atoms with Gasteiger partial charge in [-0.3, -0.25) is 9.78 Å². The predicted octanol–water partition coefficient (Wildman–Crippen LogP) is 6.19. The molecule has 0 spiro atoms. The molecule has 3 nitrogen and oxygen atoms in total. The van der Waals surface area contributed by atoms with Gasteiger partial charge < -0.3 is 4.74 Å². The zero-order valence-electron chi connectivity index (χ0n) is 16.0. The molecule has 0 unspecified atom stereocenters. The van der Waals surface area contributed by atoms with Crippen molar-refractivity contribution >= 4 is 21.7 Å². The number of ketones is 1. The number of aromatic nitrogens is 1. The first-order valence-corrected chi connectivity index (χ1v) is 10.1. The van der Waals surface area contributed by atoms with Crippen LogP contribution in [0.5, 0.6) is 5.75 Å². The molecule has 2 aromatic carbocycles. The molecule has 0 amide bonds. The Morgan fingerprint density at radius 3 is 2.37 bits per heavy atom. The van der Waals surface area contributed by atoms with Crippen LogP contribution >= 0.6 is 15.9 Å². The van der Waals surface area contributed by atoms with E-state index in [0.29, 0.717) is 25.0 Å². The molecule has 0 radical (unpaired) electrons. The molecule has 3 rings (SSSR count). The SMILES string of the molecule is O=C(CCc1cccnc1)Cc1ccc(COc2ccc(C(F)(F)F)cc2Br)cc1. The van der Waals surface area contributed by atoms with Crippen LogP contribution in [0.3, 0.4) is 0 Å². The number of Topliss-reactive ketones (excluding diaryl/α,β-unsaturated/α-hetero) is 1. The van der Waals surface area contributed by atoms with Crippen molar-refractivity contribution in [2.24, 2.45) is 0 Å². The van der Waals surface area contributed by atoms with Crippen molar-refractivity contribution in [3.05, 3.63) is 93.7 Å². The van der Waals surface area contributed by atoms with E-state index < -0.39 is 11.7 Å².